The van der Waals surface area contributed by atoms with Crippen LogP contribution in [0.5, 0.6) is 5.75 Å². The van der Waals surface area contributed by atoms with Crippen molar-refractivity contribution in [3.05, 3.63) is 102 Å². The fourth-order valence-corrected chi connectivity index (χ4v) is 4.60. The second-order valence-corrected chi connectivity index (χ2v) is 8.19. The molecule has 3 aromatic rings. The van der Waals surface area contributed by atoms with E-state index in [4.69, 9.17) is 4.74 Å². The minimum atomic E-state index is -0.313. The highest BCUT2D eigenvalue weighted by Gasteiger charge is 2.29. The van der Waals surface area contributed by atoms with E-state index >= 15 is 0 Å². The van der Waals surface area contributed by atoms with Crippen LogP contribution in [-0.4, -0.2) is 32.7 Å². The molecule has 1 amide bonds. The molecule has 4 nitrogen and oxygen atoms in total. The molecule has 0 spiro atoms. The maximum atomic E-state index is 13.5. The summed E-state index contributed by atoms with van der Waals surface area (Å²) < 4.78 is 5.33. The van der Waals surface area contributed by atoms with E-state index in [2.05, 4.69) is 17.4 Å². The molecule has 160 valence electrons. The summed E-state index contributed by atoms with van der Waals surface area (Å²) in [4.78, 5) is 15.0. The lowest BCUT2D eigenvalue weighted by Gasteiger charge is -2.26. The normalized spacial score (nSPS) is 15.0. The van der Waals surface area contributed by atoms with Crippen molar-refractivity contribution in [3.8, 4) is 5.75 Å². The van der Waals surface area contributed by atoms with E-state index in [-0.39, 0.29) is 17.9 Å². The molecule has 4 heteroatoms. The molecule has 31 heavy (non-hydrogen) atoms. The average molecular weight is 416 g/mol. The van der Waals surface area contributed by atoms with Gasteiger partial charge in [-0.25, -0.2) is 0 Å². The van der Waals surface area contributed by atoms with Gasteiger partial charge in [-0.2, -0.15) is 0 Å². The van der Waals surface area contributed by atoms with Gasteiger partial charge in [-0.3, -0.25) is 4.79 Å². The first-order chi connectivity index (χ1) is 15.3. The number of amides is 1. The summed E-state index contributed by atoms with van der Waals surface area (Å²) in [5, 5.41) is 3.29. The Bertz CT molecular complexity index is 912. The van der Waals surface area contributed by atoms with E-state index in [1.807, 2.05) is 72.8 Å². The number of methoxy groups -OCH3 is 1. The molecule has 1 aliphatic rings. The van der Waals surface area contributed by atoms with Gasteiger partial charge in [0, 0.05) is 18.4 Å². The highest BCUT2D eigenvalue weighted by atomic mass is 16.5. The Morgan fingerprint density at radius 1 is 0.839 bits per heavy atom. The second kappa shape index (κ2) is 10.3. The Hall–Kier alpha value is -3.11. The predicted molar refractivity (Wildman–Crippen MR) is 123 cm³/mol. The van der Waals surface area contributed by atoms with Crippen LogP contribution in [0.3, 0.4) is 0 Å². The number of likely N-dealkylation sites (tertiary alicyclic amines) is 1. The molecule has 1 fully saturated rings. The van der Waals surface area contributed by atoms with Crippen LogP contribution in [0.2, 0.25) is 0 Å². The van der Waals surface area contributed by atoms with E-state index in [0.717, 1.165) is 30.0 Å². The van der Waals surface area contributed by atoms with Gasteiger partial charge < -0.3 is 15.0 Å². The van der Waals surface area contributed by atoms with Crippen molar-refractivity contribution in [2.75, 3.05) is 26.7 Å². The maximum Gasteiger partial charge on any atom is 0.232 e. The molecular formula is C27H31N2O2+. The van der Waals surface area contributed by atoms with Gasteiger partial charge in [0.2, 0.25) is 5.91 Å². The first kappa shape index (κ1) is 21.1. The van der Waals surface area contributed by atoms with Gasteiger partial charge in [-0.1, -0.05) is 60.7 Å². The van der Waals surface area contributed by atoms with Gasteiger partial charge in [-0.05, 0) is 35.4 Å². The van der Waals surface area contributed by atoms with E-state index in [1.54, 1.807) is 12.0 Å². The number of quaternary nitrogens is 1. The lowest BCUT2D eigenvalue weighted by atomic mass is 9.90. The number of carbonyl (C=O) groups excluding carboxylic acids is 1. The van der Waals surface area contributed by atoms with E-state index in [9.17, 15) is 4.79 Å². The van der Waals surface area contributed by atoms with Gasteiger partial charge in [0.1, 0.15) is 11.8 Å². The summed E-state index contributed by atoms with van der Waals surface area (Å²) in [6.07, 6.45) is 2.49. The van der Waals surface area contributed by atoms with E-state index < -0.39 is 0 Å². The lowest BCUT2D eigenvalue weighted by molar-refractivity contribution is -0.918. The van der Waals surface area contributed by atoms with Crippen molar-refractivity contribution < 1.29 is 14.4 Å². The first-order valence-electron chi connectivity index (χ1n) is 11.1. The standard InChI is InChI=1S/C27H30N2O2/c1-31-24-16-14-21(15-17-24)25(29-18-8-9-19-29)20-28-27(30)26(22-10-4-2-5-11-22)23-12-6-3-7-13-23/h2-7,10-17,25-26H,8-9,18-20H2,1H3,(H,28,30)/p+1/t25-/m0/s1. The van der Waals surface area contributed by atoms with Crippen molar-refractivity contribution in [2.24, 2.45) is 0 Å². The van der Waals surface area contributed by atoms with Crippen molar-refractivity contribution in [2.45, 2.75) is 24.8 Å². The third kappa shape index (κ3) is 5.15. The number of benzene rings is 3. The monoisotopic (exact) mass is 415 g/mol. The molecule has 1 aliphatic heterocycles. The van der Waals surface area contributed by atoms with Crippen molar-refractivity contribution in [3.63, 3.8) is 0 Å². The Kier molecular flexibility index (Phi) is 7.00. The quantitative estimate of drug-likeness (QED) is 0.592. The molecule has 0 unspecified atom stereocenters. The molecule has 0 aromatic heterocycles. The fraction of sp³-hybridized carbons (Fsp3) is 0.296. The Labute approximate surface area is 184 Å². The summed E-state index contributed by atoms with van der Waals surface area (Å²) in [6.45, 7) is 2.91. The Balaban J connectivity index is 1.55. The molecule has 0 radical (unpaired) electrons. The van der Waals surface area contributed by atoms with Gasteiger partial charge in [0.05, 0.1) is 32.7 Å². The zero-order chi connectivity index (χ0) is 21.5. The topological polar surface area (TPSA) is 42.8 Å². The highest BCUT2D eigenvalue weighted by Crippen LogP contribution is 2.25. The minimum absolute atomic E-state index is 0.0505. The number of nitrogens with one attached hydrogen (secondary N) is 2. The van der Waals surface area contributed by atoms with Crippen molar-refractivity contribution in [1.29, 1.82) is 0 Å². The summed E-state index contributed by atoms with van der Waals surface area (Å²) in [5.74, 6) is 0.596. The van der Waals surface area contributed by atoms with Crippen LogP contribution in [0.1, 0.15) is 41.5 Å². The zero-order valence-corrected chi connectivity index (χ0v) is 18.1. The highest BCUT2D eigenvalue weighted by molar-refractivity contribution is 5.87. The molecule has 1 saturated heterocycles. The molecule has 0 aliphatic carbocycles. The lowest BCUT2D eigenvalue weighted by Crippen LogP contribution is -3.11. The number of ether oxygens (including phenoxy) is 1. The predicted octanol–water partition coefficient (Wildman–Crippen LogP) is 3.36. The van der Waals surface area contributed by atoms with Crippen LogP contribution in [0, 0.1) is 0 Å². The molecule has 4 rings (SSSR count). The molecule has 0 saturated carbocycles. The molecule has 1 heterocycles. The SMILES string of the molecule is COc1ccc([C@H](CNC(=O)C(c2ccccc2)c2ccccc2)[NH+]2CCCC2)cc1. The van der Waals surface area contributed by atoms with Crippen LogP contribution in [0.15, 0.2) is 84.9 Å². The Morgan fingerprint density at radius 3 is 1.90 bits per heavy atom. The molecule has 0 bridgehead atoms. The minimum Gasteiger partial charge on any atom is -0.497 e. The molecular weight excluding hydrogens is 384 g/mol. The number of rotatable bonds is 8. The average Bonchev–Trinajstić information content (AvgIpc) is 3.36. The fourth-order valence-electron chi connectivity index (χ4n) is 4.60. The third-order valence-electron chi connectivity index (χ3n) is 6.27. The Morgan fingerprint density at radius 2 is 1.39 bits per heavy atom. The van der Waals surface area contributed by atoms with E-state index in [0.29, 0.717) is 6.54 Å². The van der Waals surface area contributed by atoms with Crippen LogP contribution in [-0.2, 0) is 4.79 Å². The van der Waals surface area contributed by atoms with Crippen LogP contribution in [0.4, 0.5) is 0 Å². The van der Waals surface area contributed by atoms with Gasteiger partial charge >= 0.3 is 0 Å². The van der Waals surface area contributed by atoms with Crippen molar-refractivity contribution >= 4 is 5.91 Å². The molecule has 2 N–H and O–H groups in total. The number of hydrogen-bond acceptors (Lipinski definition) is 2. The summed E-state index contributed by atoms with van der Waals surface area (Å²) in [7, 11) is 1.69. The van der Waals surface area contributed by atoms with Crippen LogP contribution in [0.25, 0.3) is 0 Å². The van der Waals surface area contributed by atoms with Gasteiger partial charge in [-0.15, -0.1) is 0 Å². The summed E-state index contributed by atoms with van der Waals surface area (Å²) in [6, 6.07) is 28.6. The van der Waals surface area contributed by atoms with Gasteiger partial charge in [0.15, 0.2) is 0 Å². The maximum absolute atomic E-state index is 13.5. The molecule has 1 atom stereocenters. The zero-order valence-electron chi connectivity index (χ0n) is 18.1. The largest absolute Gasteiger partial charge is 0.497 e. The van der Waals surface area contributed by atoms with Crippen LogP contribution >= 0.6 is 0 Å². The van der Waals surface area contributed by atoms with Gasteiger partial charge in [0.25, 0.3) is 0 Å². The third-order valence-corrected chi connectivity index (χ3v) is 6.27. The number of carbonyl (C=O) groups is 1. The van der Waals surface area contributed by atoms with Crippen LogP contribution < -0.4 is 15.0 Å². The van der Waals surface area contributed by atoms with E-state index in [1.165, 1.54) is 18.4 Å². The molecule has 3 aromatic carbocycles. The smallest absolute Gasteiger partial charge is 0.232 e. The second-order valence-electron chi connectivity index (χ2n) is 8.19. The first-order valence-corrected chi connectivity index (χ1v) is 11.1. The van der Waals surface area contributed by atoms with Crippen molar-refractivity contribution in [1.82, 2.24) is 5.32 Å². The number of hydrogen-bond donors (Lipinski definition) is 2. The summed E-state index contributed by atoms with van der Waals surface area (Å²) in [5.41, 5.74) is 3.27. The summed E-state index contributed by atoms with van der Waals surface area (Å²) >= 11 is 0.